The van der Waals surface area contributed by atoms with Crippen LogP contribution in [-0.4, -0.2) is 34.7 Å². The third-order valence-electron chi connectivity index (χ3n) is 2.79. The standard InChI is InChI=1S/C11H15N3O2/c15-10(11(16)3-7-13-8-4-11)14-9-1-5-12-6-2-9/h1-2,5-6,13,16H,3-4,7-8H2,(H,12,14,15). The van der Waals surface area contributed by atoms with E-state index >= 15 is 0 Å². The van der Waals surface area contributed by atoms with Crippen LogP contribution >= 0.6 is 0 Å². The molecule has 0 spiro atoms. The number of aliphatic hydroxyl groups is 1. The zero-order chi connectivity index (χ0) is 11.4. The Hall–Kier alpha value is -1.46. The second-order valence-electron chi connectivity index (χ2n) is 3.97. The molecule has 0 aromatic carbocycles. The smallest absolute Gasteiger partial charge is 0.256 e. The second kappa shape index (κ2) is 4.59. The SMILES string of the molecule is O=C(Nc1ccncc1)C1(O)CCNCC1. The van der Waals surface area contributed by atoms with E-state index in [1.807, 2.05) is 0 Å². The number of amides is 1. The van der Waals surface area contributed by atoms with Gasteiger partial charge < -0.3 is 15.7 Å². The van der Waals surface area contributed by atoms with E-state index < -0.39 is 5.60 Å². The van der Waals surface area contributed by atoms with Crippen LogP contribution in [-0.2, 0) is 4.79 Å². The molecule has 5 heteroatoms. The molecule has 0 bridgehead atoms. The summed E-state index contributed by atoms with van der Waals surface area (Å²) < 4.78 is 0. The molecule has 2 rings (SSSR count). The zero-order valence-corrected chi connectivity index (χ0v) is 8.94. The van der Waals surface area contributed by atoms with Crippen molar-refractivity contribution in [1.29, 1.82) is 0 Å². The molecule has 0 atom stereocenters. The average Bonchev–Trinajstić information content (AvgIpc) is 2.31. The van der Waals surface area contributed by atoms with Crippen LogP contribution in [0, 0.1) is 0 Å². The highest BCUT2D eigenvalue weighted by atomic mass is 16.3. The van der Waals surface area contributed by atoms with Crippen molar-refractivity contribution in [3.05, 3.63) is 24.5 Å². The molecule has 1 aliphatic rings. The molecule has 16 heavy (non-hydrogen) atoms. The first-order valence-corrected chi connectivity index (χ1v) is 5.35. The minimum absolute atomic E-state index is 0.333. The first kappa shape index (κ1) is 11.0. The van der Waals surface area contributed by atoms with E-state index in [1.54, 1.807) is 24.5 Å². The summed E-state index contributed by atoms with van der Waals surface area (Å²) in [6.45, 7) is 1.33. The lowest BCUT2D eigenvalue weighted by atomic mass is 9.91. The summed E-state index contributed by atoms with van der Waals surface area (Å²) in [5.41, 5.74) is -0.582. The maximum atomic E-state index is 11.9. The summed E-state index contributed by atoms with van der Waals surface area (Å²) in [5.74, 6) is -0.333. The predicted octanol–water partition coefficient (Wildman–Crippen LogP) is 0.135. The average molecular weight is 221 g/mol. The molecular weight excluding hydrogens is 206 g/mol. The van der Waals surface area contributed by atoms with Crippen molar-refractivity contribution in [1.82, 2.24) is 10.3 Å². The number of hydrogen-bond acceptors (Lipinski definition) is 4. The number of piperidine rings is 1. The van der Waals surface area contributed by atoms with Gasteiger partial charge in [-0.25, -0.2) is 0 Å². The van der Waals surface area contributed by atoms with Crippen molar-refractivity contribution in [3.8, 4) is 0 Å². The van der Waals surface area contributed by atoms with E-state index in [4.69, 9.17) is 0 Å². The summed E-state index contributed by atoms with van der Waals surface area (Å²) >= 11 is 0. The summed E-state index contributed by atoms with van der Waals surface area (Å²) in [4.78, 5) is 15.7. The van der Waals surface area contributed by atoms with Crippen molar-refractivity contribution in [3.63, 3.8) is 0 Å². The molecule has 1 fully saturated rings. The number of carbonyl (C=O) groups is 1. The fraction of sp³-hybridized carbons (Fsp3) is 0.455. The molecule has 0 saturated carbocycles. The van der Waals surface area contributed by atoms with Gasteiger partial charge in [-0.1, -0.05) is 0 Å². The monoisotopic (exact) mass is 221 g/mol. The summed E-state index contributed by atoms with van der Waals surface area (Å²) in [6, 6.07) is 3.39. The molecule has 0 unspecified atom stereocenters. The van der Waals surface area contributed by atoms with E-state index in [0.29, 0.717) is 31.6 Å². The number of aromatic nitrogens is 1. The molecule has 0 aliphatic carbocycles. The van der Waals surface area contributed by atoms with Crippen molar-refractivity contribution < 1.29 is 9.90 Å². The Kier molecular flexibility index (Phi) is 3.17. The Bertz CT molecular complexity index is 361. The molecule has 1 saturated heterocycles. The highest BCUT2D eigenvalue weighted by Gasteiger charge is 2.36. The summed E-state index contributed by atoms with van der Waals surface area (Å²) in [6.07, 6.45) is 4.10. The maximum Gasteiger partial charge on any atom is 0.256 e. The molecule has 2 heterocycles. The van der Waals surface area contributed by atoms with Gasteiger partial charge in [-0.3, -0.25) is 9.78 Å². The van der Waals surface area contributed by atoms with Crippen LogP contribution in [0.2, 0.25) is 0 Å². The minimum atomic E-state index is -1.24. The van der Waals surface area contributed by atoms with Crippen molar-refractivity contribution >= 4 is 11.6 Å². The largest absolute Gasteiger partial charge is 0.380 e. The topological polar surface area (TPSA) is 74.2 Å². The van der Waals surface area contributed by atoms with Crippen LogP contribution in [0.25, 0.3) is 0 Å². The molecule has 1 aromatic rings. The number of nitrogens with zero attached hydrogens (tertiary/aromatic N) is 1. The lowest BCUT2D eigenvalue weighted by molar-refractivity contribution is -0.136. The summed E-state index contributed by atoms with van der Waals surface area (Å²) in [7, 11) is 0. The van der Waals surface area contributed by atoms with Gasteiger partial charge in [0.2, 0.25) is 0 Å². The van der Waals surface area contributed by atoms with Crippen LogP contribution in [0.5, 0.6) is 0 Å². The van der Waals surface area contributed by atoms with E-state index in [0.717, 1.165) is 0 Å². The van der Waals surface area contributed by atoms with E-state index in [2.05, 4.69) is 15.6 Å². The summed E-state index contributed by atoms with van der Waals surface area (Å²) in [5, 5.41) is 15.9. The number of rotatable bonds is 2. The van der Waals surface area contributed by atoms with Gasteiger partial charge in [0.25, 0.3) is 5.91 Å². The number of pyridine rings is 1. The van der Waals surface area contributed by atoms with Crippen LogP contribution < -0.4 is 10.6 Å². The number of anilines is 1. The van der Waals surface area contributed by atoms with Crippen molar-refractivity contribution in [2.75, 3.05) is 18.4 Å². The molecule has 0 radical (unpaired) electrons. The first-order valence-electron chi connectivity index (χ1n) is 5.35. The molecule has 86 valence electrons. The third kappa shape index (κ3) is 2.37. The van der Waals surface area contributed by atoms with E-state index in [9.17, 15) is 9.90 Å². The van der Waals surface area contributed by atoms with Crippen LogP contribution in [0.1, 0.15) is 12.8 Å². The molecule has 1 aliphatic heterocycles. The van der Waals surface area contributed by atoms with Crippen LogP contribution in [0.3, 0.4) is 0 Å². The maximum absolute atomic E-state index is 11.9. The number of carbonyl (C=O) groups excluding carboxylic acids is 1. The lowest BCUT2D eigenvalue weighted by Crippen LogP contribution is -2.50. The van der Waals surface area contributed by atoms with Gasteiger partial charge in [-0.15, -0.1) is 0 Å². The van der Waals surface area contributed by atoms with Gasteiger partial charge in [0.15, 0.2) is 0 Å². The predicted molar refractivity (Wildman–Crippen MR) is 59.9 cm³/mol. The Morgan fingerprint density at radius 1 is 1.38 bits per heavy atom. The fourth-order valence-electron chi connectivity index (χ4n) is 1.75. The molecular formula is C11H15N3O2. The normalized spacial score (nSPS) is 19.1. The third-order valence-corrected chi connectivity index (χ3v) is 2.79. The van der Waals surface area contributed by atoms with Gasteiger partial charge in [0, 0.05) is 18.1 Å². The fourth-order valence-corrected chi connectivity index (χ4v) is 1.75. The Labute approximate surface area is 93.9 Å². The Morgan fingerprint density at radius 2 is 2.00 bits per heavy atom. The van der Waals surface area contributed by atoms with Gasteiger partial charge >= 0.3 is 0 Å². The van der Waals surface area contributed by atoms with Crippen molar-refractivity contribution in [2.45, 2.75) is 18.4 Å². The molecule has 1 aromatic heterocycles. The zero-order valence-electron chi connectivity index (χ0n) is 8.94. The van der Waals surface area contributed by atoms with Gasteiger partial charge in [0.1, 0.15) is 5.60 Å². The first-order chi connectivity index (χ1) is 7.71. The van der Waals surface area contributed by atoms with E-state index in [-0.39, 0.29) is 5.91 Å². The highest BCUT2D eigenvalue weighted by Crippen LogP contribution is 2.20. The van der Waals surface area contributed by atoms with Crippen LogP contribution in [0.4, 0.5) is 5.69 Å². The molecule has 5 nitrogen and oxygen atoms in total. The Balaban J connectivity index is 2.02. The second-order valence-corrected chi connectivity index (χ2v) is 3.97. The number of hydrogen-bond donors (Lipinski definition) is 3. The van der Waals surface area contributed by atoms with Gasteiger partial charge in [-0.05, 0) is 38.1 Å². The number of nitrogens with one attached hydrogen (secondary N) is 2. The quantitative estimate of drug-likeness (QED) is 0.664. The molecule has 1 amide bonds. The Morgan fingerprint density at radius 3 is 2.62 bits per heavy atom. The minimum Gasteiger partial charge on any atom is -0.380 e. The van der Waals surface area contributed by atoms with Crippen molar-refractivity contribution in [2.24, 2.45) is 0 Å². The lowest BCUT2D eigenvalue weighted by Gasteiger charge is -2.30. The van der Waals surface area contributed by atoms with Gasteiger partial charge in [-0.2, -0.15) is 0 Å². The highest BCUT2D eigenvalue weighted by molar-refractivity contribution is 5.97. The van der Waals surface area contributed by atoms with Crippen LogP contribution in [0.15, 0.2) is 24.5 Å². The molecule has 3 N–H and O–H groups in total. The van der Waals surface area contributed by atoms with Gasteiger partial charge in [0.05, 0.1) is 0 Å². The van der Waals surface area contributed by atoms with E-state index in [1.165, 1.54) is 0 Å².